The van der Waals surface area contributed by atoms with E-state index in [1.807, 2.05) is 6.92 Å². The number of nitrogens with one attached hydrogen (secondary N) is 1. The monoisotopic (exact) mass is 242 g/mol. The van der Waals surface area contributed by atoms with Gasteiger partial charge < -0.3 is 15.0 Å². The minimum absolute atomic E-state index is 0.171. The number of esters is 1. The van der Waals surface area contributed by atoms with E-state index in [-0.39, 0.29) is 12.0 Å². The van der Waals surface area contributed by atoms with E-state index in [4.69, 9.17) is 4.74 Å². The molecule has 2 atom stereocenters. The molecule has 0 aromatic carbocycles. The molecular weight excluding hydrogens is 216 g/mol. The Kier molecular flexibility index (Phi) is 5.92. The van der Waals surface area contributed by atoms with Gasteiger partial charge in [-0.3, -0.25) is 4.79 Å². The predicted molar refractivity (Wildman–Crippen MR) is 69.0 cm³/mol. The van der Waals surface area contributed by atoms with Crippen LogP contribution in [0.1, 0.15) is 40.0 Å². The molecule has 1 heterocycles. The van der Waals surface area contributed by atoms with E-state index in [0.717, 1.165) is 19.4 Å². The van der Waals surface area contributed by atoms with Gasteiger partial charge in [-0.2, -0.15) is 0 Å². The molecule has 1 N–H and O–H groups in total. The molecule has 1 rings (SSSR count). The normalized spacial score (nSPS) is 24.4. The van der Waals surface area contributed by atoms with Crippen LogP contribution in [-0.4, -0.2) is 49.2 Å². The first kappa shape index (κ1) is 14.5. The molecule has 0 aromatic heterocycles. The van der Waals surface area contributed by atoms with Crippen molar-refractivity contribution in [1.29, 1.82) is 0 Å². The van der Waals surface area contributed by atoms with Gasteiger partial charge in [0, 0.05) is 12.1 Å². The molecule has 1 saturated heterocycles. The number of hydrogen-bond acceptors (Lipinski definition) is 4. The van der Waals surface area contributed by atoms with Gasteiger partial charge in [-0.1, -0.05) is 0 Å². The van der Waals surface area contributed by atoms with E-state index in [1.54, 1.807) is 0 Å². The fourth-order valence-electron chi connectivity index (χ4n) is 2.40. The van der Waals surface area contributed by atoms with Gasteiger partial charge in [0.25, 0.3) is 0 Å². The Hall–Kier alpha value is -0.610. The third-order valence-electron chi connectivity index (χ3n) is 3.53. The van der Waals surface area contributed by atoms with Crippen molar-refractivity contribution in [1.82, 2.24) is 10.2 Å². The summed E-state index contributed by atoms with van der Waals surface area (Å²) in [5.41, 5.74) is 0. The Morgan fingerprint density at radius 3 is 2.59 bits per heavy atom. The van der Waals surface area contributed by atoms with E-state index in [2.05, 4.69) is 24.1 Å². The Balaban J connectivity index is 2.38. The zero-order chi connectivity index (χ0) is 12.8. The number of ether oxygens (including phenoxy) is 1. The second kappa shape index (κ2) is 6.97. The Morgan fingerprint density at radius 2 is 2.00 bits per heavy atom. The Morgan fingerprint density at radius 1 is 1.29 bits per heavy atom. The predicted octanol–water partition coefficient (Wildman–Crippen LogP) is 1.40. The maximum absolute atomic E-state index is 11.3. The van der Waals surface area contributed by atoms with Crippen molar-refractivity contribution in [2.24, 2.45) is 0 Å². The average Bonchev–Trinajstić information content (AvgIpc) is 2.53. The summed E-state index contributed by atoms with van der Waals surface area (Å²) in [6, 6.07) is 0.857. The summed E-state index contributed by atoms with van der Waals surface area (Å²) in [6.07, 6.45) is 3.45. The Bertz CT molecular complexity index is 244. The van der Waals surface area contributed by atoms with E-state index in [1.165, 1.54) is 20.1 Å². The molecule has 1 aliphatic rings. The van der Waals surface area contributed by atoms with Gasteiger partial charge in [0.15, 0.2) is 0 Å². The van der Waals surface area contributed by atoms with Gasteiger partial charge in [-0.05, 0) is 53.1 Å². The quantitative estimate of drug-likeness (QED) is 0.757. The highest BCUT2D eigenvalue weighted by Crippen LogP contribution is 2.13. The molecule has 17 heavy (non-hydrogen) atoms. The summed E-state index contributed by atoms with van der Waals surface area (Å²) in [5.74, 6) is -0.171. The highest BCUT2D eigenvalue weighted by molar-refractivity contribution is 5.75. The Labute approximate surface area is 105 Å². The smallest absolute Gasteiger partial charge is 0.322 e. The molecule has 1 fully saturated rings. The third kappa shape index (κ3) is 4.64. The number of hydrogen-bond donors (Lipinski definition) is 1. The summed E-state index contributed by atoms with van der Waals surface area (Å²) >= 11 is 0. The van der Waals surface area contributed by atoms with Crippen molar-refractivity contribution in [3.63, 3.8) is 0 Å². The van der Waals surface area contributed by atoms with Gasteiger partial charge in [0.05, 0.1) is 7.11 Å². The molecule has 0 aromatic rings. The first-order valence-electron chi connectivity index (χ1n) is 6.62. The van der Waals surface area contributed by atoms with E-state index in [9.17, 15) is 4.79 Å². The number of nitrogens with zero attached hydrogens (tertiary/aromatic N) is 1. The lowest BCUT2D eigenvalue weighted by molar-refractivity contribution is -0.142. The lowest BCUT2D eigenvalue weighted by atomic mass is 10.1. The lowest BCUT2D eigenvalue weighted by Crippen LogP contribution is -2.42. The molecule has 0 amide bonds. The fraction of sp³-hybridized carbons (Fsp3) is 0.923. The molecule has 4 heteroatoms. The maximum atomic E-state index is 11.3. The van der Waals surface area contributed by atoms with Crippen LogP contribution in [0.25, 0.3) is 0 Å². The topological polar surface area (TPSA) is 41.6 Å². The highest BCUT2D eigenvalue weighted by Gasteiger charge is 2.22. The molecule has 0 radical (unpaired) electrons. The highest BCUT2D eigenvalue weighted by atomic mass is 16.5. The van der Waals surface area contributed by atoms with Crippen LogP contribution in [-0.2, 0) is 9.53 Å². The summed E-state index contributed by atoms with van der Waals surface area (Å²) < 4.78 is 4.73. The summed E-state index contributed by atoms with van der Waals surface area (Å²) in [7, 11) is 1.44. The number of carbonyl (C=O) groups is 1. The number of methoxy groups -OCH3 is 1. The van der Waals surface area contributed by atoms with Crippen LogP contribution >= 0.6 is 0 Å². The summed E-state index contributed by atoms with van der Waals surface area (Å²) in [4.78, 5) is 13.9. The van der Waals surface area contributed by atoms with Crippen LogP contribution in [0.2, 0.25) is 0 Å². The van der Waals surface area contributed by atoms with Gasteiger partial charge in [-0.15, -0.1) is 0 Å². The number of carbonyl (C=O) groups excluding carboxylic acids is 1. The van der Waals surface area contributed by atoms with Crippen molar-refractivity contribution >= 4 is 5.97 Å². The van der Waals surface area contributed by atoms with E-state index < -0.39 is 0 Å². The van der Waals surface area contributed by atoms with E-state index in [0.29, 0.717) is 12.1 Å². The second-order valence-electron chi connectivity index (χ2n) is 5.17. The molecule has 2 unspecified atom stereocenters. The van der Waals surface area contributed by atoms with Crippen LogP contribution in [0.5, 0.6) is 0 Å². The lowest BCUT2D eigenvalue weighted by Gasteiger charge is -2.24. The van der Waals surface area contributed by atoms with Crippen molar-refractivity contribution in [3.8, 4) is 0 Å². The minimum atomic E-state index is -0.199. The summed E-state index contributed by atoms with van der Waals surface area (Å²) in [5, 5.41) is 3.37. The van der Waals surface area contributed by atoms with Gasteiger partial charge in [0.2, 0.25) is 0 Å². The second-order valence-corrected chi connectivity index (χ2v) is 5.17. The molecule has 1 aliphatic heterocycles. The van der Waals surface area contributed by atoms with Gasteiger partial charge in [-0.25, -0.2) is 0 Å². The van der Waals surface area contributed by atoms with Crippen LogP contribution in [0.3, 0.4) is 0 Å². The van der Waals surface area contributed by atoms with Crippen molar-refractivity contribution in [2.75, 3.05) is 20.2 Å². The molecule has 0 saturated carbocycles. The third-order valence-corrected chi connectivity index (χ3v) is 3.53. The zero-order valence-corrected chi connectivity index (χ0v) is 11.5. The first-order chi connectivity index (χ1) is 8.04. The van der Waals surface area contributed by atoms with Crippen LogP contribution in [0, 0.1) is 0 Å². The zero-order valence-electron chi connectivity index (χ0n) is 11.5. The first-order valence-corrected chi connectivity index (χ1v) is 6.62. The summed E-state index contributed by atoms with van der Waals surface area (Å²) in [6.45, 7) is 8.64. The molecule has 4 nitrogen and oxygen atoms in total. The molecule has 0 spiro atoms. The van der Waals surface area contributed by atoms with Crippen LogP contribution in [0.15, 0.2) is 0 Å². The van der Waals surface area contributed by atoms with Crippen molar-refractivity contribution in [3.05, 3.63) is 0 Å². The van der Waals surface area contributed by atoms with Crippen molar-refractivity contribution < 1.29 is 9.53 Å². The number of likely N-dealkylation sites (tertiary alicyclic amines) is 1. The molecular formula is C13H26N2O2. The molecule has 100 valence electrons. The van der Waals surface area contributed by atoms with Crippen molar-refractivity contribution in [2.45, 2.75) is 58.2 Å². The standard InChI is InChI=1S/C13H26N2O2/c1-10(2)15-8-5-6-12(7-9-15)14-11(3)13(16)17-4/h10-12,14H,5-9H2,1-4H3. The van der Waals surface area contributed by atoms with E-state index >= 15 is 0 Å². The van der Waals surface area contributed by atoms with Gasteiger partial charge in [0.1, 0.15) is 6.04 Å². The number of rotatable bonds is 4. The van der Waals surface area contributed by atoms with Gasteiger partial charge >= 0.3 is 5.97 Å². The van der Waals surface area contributed by atoms with Crippen LogP contribution < -0.4 is 5.32 Å². The minimum Gasteiger partial charge on any atom is -0.468 e. The largest absolute Gasteiger partial charge is 0.468 e. The molecule has 0 bridgehead atoms. The maximum Gasteiger partial charge on any atom is 0.322 e. The SMILES string of the molecule is COC(=O)C(C)NC1CCCN(C(C)C)CC1. The van der Waals surface area contributed by atoms with Crippen LogP contribution in [0.4, 0.5) is 0 Å². The fourth-order valence-corrected chi connectivity index (χ4v) is 2.40. The molecule has 0 aliphatic carbocycles. The average molecular weight is 242 g/mol.